The summed E-state index contributed by atoms with van der Waals surface area (Å²) < 4.78 is 47.5. The number of carbonyl (C=O) groups is 1. The normalized spacial score (nSPS) is 21.6. The van der Waals surface area contributed by atoms with Gasteiger partial charge >= 0.3 is 12.6 Å². The number of rotatable bonds is 10. The first-order valence-electron chi connectivity index (χ1n) is 11.2. The number of nitrogens with one attached hydrogen (secondary N) is 1. The van der Waals surface area contributed by atoms with Crippen molar-refractivity contribution in [3.63, 3.8) is 0 Å². The number of benzene rings is 1. The van der Waals surface area contributed by atoms with E-state index in [-0.39, 0.29) is 41.1 Å². The molecular formula is C23H25Cl2F2N2O6-. The van der Waals surface area contributed by atoms with Crippen molar-refractivity contribution in [2.45, 2.75) is 38.1 Å². The molecule has 1 aliphatic carbocycles. The number of hydroxylamine groups is 2. The molecule has 2 heterocycles. The topological polar surface area (TPSA) is 92.3 Å². The minimum Gasteiger partial charge on any atom is -0.758 e. The van der Waals surface area contributed by atoms with Gasteiger partial charge in [-0.05, 0) is 42.0 Å². The van der Waals surface area contributed by atoms with Crippen LogP contribution in [0, 0.1) is 11.1 Å². The molecule has 2 atom stereocenters. The fraction of sp³-hybridized carbons (Fsp3) is 0.522. The van der Waals surface area contributed by atoms with Crippen LogP contribution in [0.5, 0.6) is 11.5 Å². The zero-order valence-electron chi connectivity index (χ0n) is 18.7. The number of esters is 1. The molecule has 1 saturated carbocycles. The third-order valence-electron chi connectivity index (χ3n) is 5.73. The average Bonchev–Trinajstić information content (AvgIpc) is 3.64. The van der Waals surface area contributed by atoms with Crippen LogP contribution in [0.25, 0.3) is 0 Å². The number of morpholine rings is 1. The van der Waals surface area contributed by atoms with Gasteiger partial charge in [-0.25, -0.2) is 4.79 Å². The Kier molecular flexibility index (Phi) is 8.72. The van der Waals surface area contributed by atoms with Crippen LogP contribution >= 0.6 is 23.2 Å². The molecule has 3 aliphatic rings. The summed E-state index contributed by atoms with van der Waals surface area (Å²) in [7, 11) is 0. The number of nitrogens with zero attached hydrogens (tertiary/aromatic N) is 1. The number of halogens is 4. The summed E-state index contributed by atoms with van der Waals surface area (Å²) in [4.78, 5) is 12.9. The predicted molar refractivity (Wildman–Crippen MR) is 124 cm³/mol. The second-order valence-electron chi connectivity index (χ2n) is 8.47. The van der Waals surface area contributed by atoms with Crippen molar-refractivity contribution in [1.82, 2.24) is 10.4 Å². The lowest BCUT2D eigenvalue weighted by Crippen LogP contribution is -2.44. The summed E-state index contributed by atoms with van der Waals surface area (Å²) in [5.74, 6) is -0.243. The van der Waals surface area contributed by atoms with Crippen LogP contribution in [0.2, 0.25) is 0 Å². The van der Waals surface area contributed by atoms with Crippen molar-refractivity contribution in [2.75, 3.05) is 32.8 Å². The summed E-state index contributed by atoms with van der Waals surface area (Å²) in [6.45, 7) is -1.50. The number of allylic oxidation sites excluding steroid dienone is 1. The molecule has 0 aromatic heterocycles. The molecule has 12 heteroatoms. The Labute approximate surface area is 211 Å². The summed E-state index contributed by atoms with van der Waals surface area (Å²) in [5, 5.41) is 15.7. The van der Waals surface area contributed by atoms with E-state index in [1.54, 1.807) is 0 Å². The molecule has 2 fully saturated rings. The van der Waals surface area contributed by atoms with Gasteiger partial charge in [0.1, 0.15) is 6.10 Å². The Morgan fingerprint density at radius 1 is 1.29 bits per heavy atom. The largest absolute Gasteiger partial charge is 0.758 e. The van der Waals surface area contributed by atoms with E-state index in [1.807, 2.05) is 0 Å². The van der Waals surface area contributed by atoms with Crippen LogP contribution in [0.15, 0.2) is 40.0 Å². The maximum Gasteiger partial charge on any atom is 0.387 e. The Morgan fingerprint density at radius 3 is 2.74 bits per heavy atom. The second kappa shape index (κ2) is 11.7. The van der Waals surface area contributed by atoms with Gasteiger partial charge in [0, 0.05) is 37.3 Å². The molecule has 0 spiro atoms. The first-order chi connectivity index (χ1) is 16.8. The molecular weight excluding hydrogens is 509 g/mol. The van der Waals surface area contributed by atoms with Crippen molar-refractivity contribution in [2.24, 2.45) is 5.92 Å². The van der Waals surface area contributed by atoms with Gasteiger partial charge in [-0.1, -0.05) is 29.3 Å². The highest BCUT2D eigenvalue weighted by molar-refractivity contribution is 6.36. The molecule has 35 heavy (non-hydrogen) atoms. The van der Waals surface area contributed by atoms with Gasteiger partial charge in [-0.3, -0.25) is 0 Å². The van der Waals surface area contributed by atoms with E-state index >= 15 is 0 Å². The molecule has 0 radical (unpaired) electrons. The van der Waals surface area contributed by atoms with Gasteiger partial charge in [0.2, 0.25) is 0 Å². The third kappa shape index (κ3) is 7.20. The lowest BCUT2D eigenvalue weighted by molar-refractivity contribution is -0.164. The summed E-state index contributed by atoms with van der Waals surface area (Å²) >= 11 is 12.6. The van der Waals surface area contributed by atoms with Crippen LogP contribution in [-0.2, 0) is 14.3 Å². The van der Waals surface area contributed by atoms with Crippen LogP contribution in [-0.4, -0.2) is 56.6 Å². The van der Waals surface area contributed by atoms with E-state index in [1.165, 1.54) is 24.4 Å². The zero-order valence-corrected chi connectivity index (χ0v) is 20.2. The van der Waals surface area contributed by atoms with E-state index in [9.17, 15) is 18.8 Å². The lowest BCUT2D eigenvalue weighted by Gasteiger charge is -2.32. The highest BCUT2D eigenvalue weighted by Crippen LogP contribution is 2.40. The third-order valence-corrected chi connectivity index (χ3v) is 6.41. The molecule has 2 aliphatic heterocycles. The lowest BCUT2D eigenvalue weighted by atomic mass is 9.99. The number of ether oxygens (including phenoxy) is 4. The summed E-state index contributed by atoms with van der Waals surface area (Å²) in [6.07, 6.45) is 1.53. The van der Waals surface area contributed by atoms with Gasteiger partial charge in [-0.2, -0.15) is 8.78 Å². The van der Waals surface area contributed by atoms with Gasteiger partial charge in [0.05, 0.1) is 18.2 Å². The maximum atomic E-state index is 12.9. The number of hydrogen-bond acceptors (Lipinski definition) is 8. The monoisotopic (exact) mass is 533 g/mol. The first kappa shape index (κ1) is 26.0. The van der Waals surface area contributed by atoms with E-state index in [4.69, 9.17) is 37.4 Å². The molecule has 1 aromatic carbocycles. The predicted octanol–water partition coefficient (Wildman–Crippen LogP) is 4.43. The Hall–Kier alpha value is -2.11. The Bertz CT molecular complexity index is 983. The number of alkyl halides is 2. The molecule has 192 valence electrons. The molecule has 1 N–H and O–H groups in total. The molecule has 4 rings (SSSR count). The number of hydrogen-bond donors (Lipinski definition) is 1. The molecule has 1 aromatic rings. The molecule has 8 nitrogen and oxygen atoms in total. The summed E-state index contributed by atoms with van der Waals surface area (Å²) in [5.41, 5.74) is 0.898. The summed E-state index contributed by atoms with van der Waals surface area (Å²) in [6, 6.07) is 4.36. The van der Waals surface area contributed by atoms with Gasteiger partial charge in [-0.15, -0.1) is 0 Å². The van der Waals surface area contributed by atoms with E-state index in [0.717, 1.165) is 12.8 Å². The SMILES string of the molecule is O=C(O[C@@H](CC1=C(Cl)CN([O-])C=C1Cl)c1ccc(OC(F)F)c(OCC2CC2)c1)C1CNCCO1. The quantitative estimate of drug-likeness (QED) is 0.441. The standard InChI is InChI=1S/C23H25Cl2F2N2O6/c24-16-10-29(31)11-17(25)15(16)8-19(34-22(30)21-9-28-5-6-32-21)14-3-4-18(35-23(26)27)20(7-14)33-12-13-1-2-13/h3-4,7,10,13,19,21,23,28H,1-2,5-6,8-9,11-12H2/q-1/t19-,21?/m0/s1. The highest BCUT2D eigenvalue weighted by atomic mass is 35.5. The average molecular weight is 534 g/mol. The van der Waals surface area contributed by atoms with Crippen LogP contribution in [0.4, 0.5) is 8.78 Å². The maximum absolute atomic E-state index is 12.9. The van der Waals surface area contributed by atoms with Gasteiger partial charge < -0.3 is 34.5 Å². The minimum atomic E-state index is -3.03. The zero-order chi connectivity index (χ0) is 24.9. The molecule has 0 bridgehead atoms. The van der Waals surface area contributed by atoms with Crippen LogP contribution in [0.1, 0.15) is 30.9 Å². The second-order valence-corrected chi connectivity index (χ2v) is 9.33. The van der Waals surface area contributed by atoms with Crippen LogP contribution in [0.3, 0.4) is 0 Å². The van der Waals surface area contributed by atoms with E-state index in [2.05, 4.69) is 10.1 Å². The fourth-order valence-electron chi connectivity index (χ4n) is 3.69. The highest BCUT2D eigenvalue weighted by Gasteiger charge is 2.30. The van der Waals surface area contributed by atoms with Crippen molar-refractivity contribution < 1.29 is 32.5 Å². The van der Waals surface area contributed by atoms with E-state index in [0.29, 0.717) is 41.9 Å². The Balaban J connectivity index is 1.62. The first-order valence-corrected chi connectivity index (χ1v) is 12.0. The minimum absolute atomic E-state index is 0.0466. The van der Waals surface area contributed by atoms with Crippen molar-refractivity contribution >= 4 is 29.2 Å². The van der Waals surface area contributed by atoms with Gasteiger partial charge in [0.25, 0.3) is 0 Å². The fourth-order valence-corrected chi connectivity index (χ4v) is 4.33. The molecule has 1 unspecified atom stereocenters. The Morgan fingerprint density at radius 2 is 2.09 bits per heavy atom. The van der Waals surface area contributed by atoms with Crippen molar-refractivity contribution in [3.05, 3.63) is 50.8 Å². The smallest absolute Gasteiger partial charge is 0.387 e. The van der Waals surface area contributed by atoms with Gasteiger partial charge in [0.15, 0.2) is 17.6 Å². The number of carbonyl (C=O) groups excluding carboxylic acids is 1. The van der Waals surface area contributed by atoms with Crippen molar-refractivity contribution in [3.8, 4) is 11.5 Å². The molecule has 1 saturated heterocycles. The van der Waals surface area contributed by atoms with E-state index < -0.39 is 24.8 Å². The van der Waals surface area contributed by atoms with Crippen LogP contribution < -0.4 is 14.8 Å². The van der Waals surface area contributed by atoms with Crippen molar-refractivity contribution in [1.29, 1.82) is 0 Å². The molecule has 0 amide bonds.